The Morgan fingerprint density at radius 3 is 2.44 bits per heavy atom. The number of halogens is 1. The summed E-state index contributed by atoms with van der Waals surface area (Å²) >= 11 is 0. The summed E-state index contributed by atoms with van der Waals surface area (Å²) in [6.07, 6.45) is 4.41. The van der Waals surface area contributed by atoms with Crippen LogP contribution in [0.3, 0.4) is 0 Å². The number of carbonyl (C=O) groups is 1. The summed E-state index contributed by atoms with van der Waals surface area (Å²) in [5.74, 6) is 0.174. The lowest BCUT2D eigenvalue weighted by atomic mass is 9.91. The van der Waals surface area contributed by atoms with Gasteiger partial charge in [0.2, 0.25) is 5.91 Å². The first-order valence-electron chi connectivity index (χ1n) is 14.9. The van der Waals surface area contributed by atoms with E-state index < -0.39 is 11.7 Å². The molecule has 1 saturated heterocycles. The lowest BCUT2D eigenvalue weighted by Crippen LogP contribution is -2.42. The van der Waals surface area contributed by atoms with Crippen molar-refractivity contribution in [3.8, 4) is 39.8 Å². The number of ether oxygens (including phenoxy) is 1. The maximum absolute atomic E-state index is 14.8. The SMILES string of the molecule is COc1ccc(-c2cnc(N3CCC(NCc4ccc(CCC(=O)NO)cc4)CC3)c(C)c2-c2ccc(C#N)c(F)c2)cc1O. The van der Waals surface area contributed by atoms with Gasteiger partial charge in [-0.15, -0.1) is 0 Å². The molecule has 1 amide bonds. The molecule has 232 valence electrons. The average molecular weight is 610 g/mol. The largest absolute Gasteiger partial charge is 0.504 e. The quantitative estimate of drug-likeness (QED) is 0.134. The number of anilines is 1. The second kappa shape index (κ2) is 14.2. The zero-order valence-corrected chi connectivity index (χ0v) is 25.3. The van der Waals surface area contributed by atoms with E-state index in [4.69, 9.17) is 14.9 Å². The molecule has 0 radical (unpaired) electrons. The number of hydrogen-bond donors (Lipinski definition) is 4. The van der Waals surface area contributed by atoms with Gasteiger partial charge in [-0.2, -0.15) is 5.26 Å². The van der Waals surface area contributed by atoms with E-state index in [1.165, 1.54) is 19.2 Å². The Morgan fingerprint density at radius 2 is 1.80 bits per heavy atom. The minimum Gasteiger partial charge on any atom is -0.504 e. The van der Waals surface area contributed by atoms with Crippen LogP contribution in [0, 0.1) is 24.1 Å². The third-order valence-electron chi connectivity index (χ3n) is 8.34. The van der Waals surface area contributed by atoms with Gasteiger partial charge in [0.1, 0.15) is 17.7 Å². The molecule has 1 aliphatic rings. The molecule has 45 heavy (non-hydrogen) atoms. The van der Waals surface area contributed by atoms with Gasteiger partial charge in [0, 0.05) is 49.4 Å². The smallest absolute Gasteiger partial charge is 0.243 e. The van der Waals surface area contributed by atoms with Crippen molar-refractivity contribution in [2.24, 2.45) is 0 Å². The number of pyridine rings is 1. The molecular weight excluding hydrogens is 573 g/mol. The van der Waals surface area contributed by atoms with Gasteiger partial charge in [0.25, 0.3) is 0 Å². The van der Waals surface area contributed by atoms with Crippen LogP contribution in [0.25, 0.3) is 22.3 Å². The number of aryl methyl sites for hydroxylation is 1. The minimum absolute atomic E-state index is 0.00806. The standard InChI is InChI=1S/C35H36FN5O4/c1-22-34(26-8-9-27(19-37)30(36)17-26)29(25-10-11-32(45-2)31(42)18-25)21-39-35(22)41-15-13-28(14-16-41)38-20-24-5-3-23(4-6-24)7-12-33(43)40-44/h3-6,8-11,17-18,21,28,38,42,44H,7,12-16,20H2,1-2H3,(H,40,43). The fraction of sp³-hybridized carbons (Fsp3) is 0.286. The van der Waals surface area contributed by atoms with E-state index in [9.17, 15) is 19.6 Å². The van der Waals surface area contributed by atoms with E-state index in [1.807, 2.05) is 31.2 Å². The molecule has 5 rings (SSSR count). The van der Waals surface area contributed by atoms with Gasteiger partial charge in [-0.25, -0.2) is 14.9 Å². The lowest BCUT2D eigenvalue weighted by molar-refractivity contribution is -0.129. The summed E-state index contributed by atoms with van der Waals surface area (Å²) in [6.45, 7) is 4.30. The zero-order valence-electron chi connectivity index (χ0n) is 25.3. The minimum atomic E-state index is -0.591. The first-order valence-corrected chi connectivity index (χ1v) is 14.9. The van der Waals surface area contributed by atoms with Crippen LogP contribution in [0.4, 0.5) is 10.2 Å². The number of nitrogens with one attached hydrogen (secondary N) is 2. The van der Waals surface area contributed by atoms with Crippen molar-refractivity contribution in [3.63, 3.8) is 0 Å². The Bertz CT molecular complexity index is 1710. The Kier molecular flexibility index (Phi) is 9.92. The van der Waals surface area contributed by atoms with Gasteiger partial charge in [-0.3, -0.25) is 10.0 Å². The predicted octanol–water partition coefficient (Wildman–Crippen LogP) is 5.65. The molecule has 0 spiro atoms. The number of methoxy groups -OCH3 is 1. The van der Waals surface area contributed by atoms with Gasteiger partial charge >= 0.3 is 0 Å². The van der Waals surface area contributed by atoms with Gasteiger partial charge in [-0.05, 0) is 78.3 Å². The summed E-state index contributed by atoms with van der Waals surface area (Å²) in [4.78, 5) is 18.4. The topological polar surface area (TPSA) is 131 Å². The Balaban J connectivity index is 1.32. The predicted molar refractivity (Wildman–Crippen MR) is 170 cm³/mol. The highest BCUT2D eigenvalue weighted by molar-refractivity contribution is 5.88. The van der Waals surface area contributed by atoms with E-state index >= 15 is 0 Å². The Labute approximate surface area is 261 Å². The number of amides is 1. The number of benzene rings is 3. The van der Waals surface area contributed by atoms with Gasteiger partial charge in [0.15, 0.2) is 11.5 Å². The van der Waals surface area contributed by atoms with Crippen molar-refractivity contribution in [1.82, 2.24) is 15.8 Å². The van der Waals surface area contributed by atoms with Crippen molar-refractivity contribution in [2.45, 2.75) is 45.2 Å². The summed E-state index contributed by atoms with van der Waals surface area (Å²) in [7, 11) is 1.49. The molecular formula is C35H36FN5O4. The van der Waals surface area contributed by atoms with Crippen LogP contribution in [-0.4, -0.2) is 47.4 Å². The van der Waals surface area contributed by atoms with Crippen LogP contribution in [0.15, 0.2) is 66.9 Å². The summed E-state index contributed by atoms with van der Waals surface area (Å²) in [6, 6.07) is 20.1. The highest BCUT2D eigenvalue weighted by Gasteiger charge is 2.24. The summed E-state index contributed by atoms with van der Waals surface area (Å²) in [5, 5.41) is 32.1. The third kappa shape index (κ3) is 7.23. The van der Waals surface area contributed by atoms with Crippen LogP contribution < -0.4 is 20.4 Å². The monoisotopic (exact) mass is 609 g/mol. The molecule has 1 aromatic heterocycles. The van der Waals surface area contributed by atoms with E-state index in [1.54, 1.807) is 29.9 Å². The van der Waals surface area contributed by atoms with Crippen LogP contribution in [0.1, 0.15) is 41.5 Å². The van der Waals surface area contributed by atoms with E-state index in [0.717, 1.165) is 66.1 Å². The third-order valence-corrected chi connectivity index (χ3v) is 8.34. The molecule has 0 saturated carbocycles. The van der Waals surface area contributed by atoms with Crippen molar-refractivity contribution in [2.75, 3.05) is 25.1 Å². The number of nitriles is 1. The first-order chi connectivity index (χ1) is 21.8. The number of hydrogen-bond acceptors (Lipinski definition) is 8. The first kappa shape index (κ1) is 31.4. The molecule has 0 atom stereocenters. The Morgan fingerprint density at radius 1 is 1.09 bits per heavy atom. The van der Waals surface area contributed by atoms with Crippen LogP contribution in [0.2, 0.25) is 0 Å². The number of phenols is 1. The average Bonchev–Trinajstić information content (AvgIpc) is 3.06. The van der Waals surface area contributed by atoms with Crippen LogP contribution >= 0.6 is 0 Å². The molecule has 3 aromatic carbocycles. The molecule has 1 aliphatic heterocycles. The highest BCUT2D eigenvalue weighted by atomic mass is 19.1. The second-order valence-corrected chi connectivity index (χ2v) is 11.2. The molecule has 2 heterocycles. The van der Waals surface area contributed by atoms with E-state index in [0.29, 0.717) is 29.3 Å². The Hall–Kier alpha value is -4.98. The summed E-state index contributed by atoms with van der Waals surface area (Å²) in [5.41, 5.74) is 7.57. The number of nitrogens with zero attached hydrogens (tertiary/aromatic N) is 3. The molecule has 0 bridgehead atoms. The fourth-order valence-corrected chi connectivity index (χ4v) is 5.82. The highest BCUT2D eigenvalue weighted by Crippen LogP contribution is 2.41. The van der Waals surface area contributed by atoms with Gasteiger partial charge in [0.05, 0.1) is 12.7 Å². The van der Waals surface area contributed by atoms with Crippen molar-refractivity contribution in [1.29, 1.82) is 5.26 Å². The number of hydroxylamine groups is 1. The number of rotatable bonds is 10. The maximum Gasteiger partial charge on any atom is 0.243 e. The molecule has 9 nitrogen and oxygen atoms in total. The van der Waals surface area contributed by atoms with E-state index in [2.05, 4.69) is 22.3 Å². The van der Waals surface area contributed by atoms with Gasteiger partial charge < -0.3 is 20.1 Å². The number of piperidine rings is 1. The fourth-order valence-electron chi connectivity index (χ4n) is 5.82. The van der Waals surface area contributed by atoms with Crippen LogP contribution in [-0.2, 0) is 17.8 Å². The molecule has 10 heteroatoms. The second-order valence-electron chi connectivity index (χ2n) is 11.2. The summed E-state index contributed by atoms with van der Waals surface area (Å²) < 4.78 is 20.0. The number of aromatic nitrogens is 1. The number of aromatic hydroxyl groups is 1. The van der Waals surface area contributed by atoms with E-state index in [-0.39, 0.29) is 17.7 Å². The zero-order chi connectivity index (χ0) is 31.9. The van der Waals surface area contributed by atoms with Crippen molar-refractivity contribution < 1.29 is 24.2 Å². The van der Waals surface area contributed by atoms with Gasteiger partial charge in [-0.1, -0.05) is 36.4 Å². The molecule has 1 fully saturated rings. The number of carbonyl (C=O) groups excluding carboxylic acids is 1. The molecule has 0 aliphatic carbocycles. The maximum atomic E-state index is 14.8. The van der Waals surface area contributed by atoms with Crippen molar-refractivity contribution in [3.05, 3.63) is 94.9 Å². The van der Waals surface area contributed by atoms with Crippen molar-refractivity contribution >= 4 is 11.7 Å². The molecule has 4 N–H and O–H groups in total. The molecule has 0 unspecified atom stereocenters. The lowest BCUT2D eigenvalue weighted by Gasteiger charge is -2.35. The van der Waals surface area contributed by atoms with Crippen LogP contribution in [0.5, 0.6) is 11.5 Å². The number of phenolic OH excluding ortho intramolecular Hbond substituents is 1. The molecule has 4 aromatic rings. The normalized spacial score (nSPS) is 13.4.